The van der Waals surface area contributed by atoms with Gasteiger partial charge >= 0.3 is 0 Å². The van der Waals surface area contributed by atoms with E-state index in [1.54, 1.807) is 43.3 Å². The summed E-state index contributed by atoms with van der Waals surface area (Å²) < 4.78 is 25.8. The van der Waals surface area contributed by atoms with E-state index in [0.717, 1.165) is 32.2 Å². The van der Waals surface area contributed by atoms with Crippen molar-refractivity contribution in [3.8, 4) is 0 Å². The first-order valence-corrected chi connectivity index (χ1v) is 13.2. The molecule has 0 radical (unpaired) electrons. The van der Waals surface area contributed by atoms with Gasteiger partial charge in [-0.2, -0.15) is 0 Å². The zero-order valence-corrected chi connectivity index (χ0v) is 20.5. The van der Waals surface area contributed by atoms with E-state index in [4.69, 9.17) is 11.6 Å². The predicted octanol–water partition coefficient (Wildman–Crippen LogP) is 2.78. The minimum atomic E-state index is -3.50. The van der Waals surface area contributed by atoms with Crippen molar-refractivity contribution < 1.29 is 18.0 Å². The van der Waals surface area contributed by atoms with Crippen LogP contribution in [-0.2, 0) is 10.0 Å². The van der Waals surface area contributed by atoms with Crippen LogP contribution < -0.4 is 10.0 Å². The van der Waals surface area contributed by atoms with Gasteiger partial charge in [-0.05, 0) is 61.7 Å². The van der Waals surface area contributed by atoms with E-state index >= 15 is 0 Å². The summed E-state index contributed by atoms with van der Waals surface area (Å²) in [5, 5.41) is 3.35. The molecule has 1 atom stereocenters. The molecule has 2 aromatic carbocycles. The molecule has 3 N–H and O–H groups in total. The molecule has 1 aromatic heterocycles. The molecule has 0 spiro atoms. The van der Waals surface area contributed by atoms with Gasteiger partial charge in [0.2, 0.25) is 10.0 Å². The zero-order chi connectivity index (χ0) is 24.5. The quantitative estimate of drug-likeness (QED) is 0.457. The van der Waals surface area contributed by atoms with E-state index in [-0.39, 0.29) is 12.5 Å². The summed E-state index contributed by atoms with van der Waals surface area (Å²) in [5.41, 5.74) is 2.94. The van der Waals surface area contributed by atoms with Crippen LogP contribution in [0.1, 0.15) is 51.0 Å². The number of carbonyl (C=O) groups is 2. The van der Waals surface area contributed by atoms with Crippen molar-refractivity contribution in [3.05, 3.63) is 63.9 Å². The van der Waals surface area contributed by atoms with E-state index in [1.807, 2.05) is 4.90 Å². The van der Waals surface area contributed by atoms with Crippen LogP contribution >= 0.6 is 11.6 Å². The number of nitrogens with zero attached hydrogens (tertiary/aromatic N) is 2. The first-order valence-electron chi connectivity index (χ1n) is 10.9. The van der Waals surface area contributed by atoms with Gasteiger partial charge in [0.15, 0.2) is 0 Å². The number of hydrogen-bond acceptors (Lipinski definition) is 5. The zero-order valence-electron chi connectivity index (χ0n) is 18.9. The molecular weight excluding hydrogens is 478 g/mol. The Balaban J connectivity index is 1.57. The summed E-state index contributed by atoms with van der Waals surface area (Å²) in [4.78, 5) is 35.2. The number of aromatic amines is 1. The fourth-order valence-electron chi connectivity index (χ4n) is 3.99. The Bertz CT molecular complexity index is 1350. The van der Waals surface area contributed by atoms with Gasteiger partial charge in [-0.25, -0.2) is 18.1 Å². The largest absolute Gasteiger partial charge is 0.341 e. The van der Waals surface area contributed by atoms with Gasteiger partial charge in [0.1, 0.15) is 11.9 Å². The van der Waals surface area contributed by atoms with Crippen molar-refractivity contribution in [1.29, 1.82) is 0 Å². The average Bonchev–Trinajstić information content (AvgIpc) is 3.45. The second-order valence-corrected chi connectivity index (χ2v) is 10.7. The van der Waals surface area contributed by atoms with Crippen LogP contribution in [0.5, 0.6) is 0 Å². The fourth-order valence-corrected chi connectivity index (χ4v) is 4.63. The second-order valence-electron chi connectivity index (χ2n) is 8.46. The second kappa shape index (κ2) is 9.73. The highest BCUT2D eigenvalue weighted by atomic mass is 35.5. The molecule has 0 bridgehead atoms. The van der Waals surface area contributed by atoms with Gasteiger partial charge in [-0.3, -0.25) is 9.59 Å². The van der Waals surface area contributed by atoms with Crippen LogP contribution in [0, 0.1) is 6.92 Å². The number of amides is 2. The van der Waals surface area contributed by atoms with Gasteiger partial charge in [-0.1, -0.05) is 11.6 Å². The van der Waals surface area contributed by atoms with Crippen molar-refractivity contribution in [2.24, 2.45) is 0 Å². The van der Waals surface area contributed by atoms with E-state index < -0.39 is 22.0 Å². The summed E-state index contributed by atoms with van der Waals surface area (Å²) in [6.07, 6.45) is 3.05. The molecule has 0 saturated carbocycles. The Kier molecular flexibility index (Phi) is 6.92. The number of aryl methyl sites for hydroxylation is 1. The lowest BCUT2D eigenvalue weighted by Crippen LogP contribution is -2.38. The molecule has 1 aliphatic heterocycles. The van der Waals surface area contributed by atoms with Crippen LogP contribution in [-0.4, -0.2) is 61.0 Å². The topological polar surface area (TPSA) is 124 Å². The summed E-state index contributed by atoms with van der Waals surface area (Å²) >= 11 is 6.04. The maximum atomic E-state index is 13.1. The van der Waals surface area contributed by atoms with Crippen LogP contribution in [0.3, 0.4) is 0 Å². The third-order valence-corrected chi connectivity index (χ3v) is 6.69. The molecule has 1 saturated heterocycles. The molecule has 2 heterocycles. The average molecular weight is 504 g/mol. The number of imidazole rings is 1. The van der Waals surface area contributed by atoms with Gasteiger partial charge in [-0.15, -0.1) is 0 Å². The molecule has 11 heteroatoms. The lowest BCUT2D eigenvalue weighted by atomic mass is 10.0. The first-order chi connectivity index (χ1) is 16.1. The molecule has 180 valence electrons. The molecule has 4 rings (SSSR count). The molecule has 0 unspecified atom stereocenters. The molecular formula is C23H26ClN5O4S. The number of halogens is 1. The smallest absolute Gasteiger partial charge is 0.254 e. The molecule has 9 nitrogen and oxygen atoms in total. The van der Waals surface area contributed by atoms with E-state index in [2.05, 4.69) is 20.0 Å². The van der Waals surface area contributed by atoms with Gasteiger partial charge in [0, 0.05) is 35.8 Å². The third-order valence-electron chi connectivity index (χ3n) is 5.76. The Morgan fingerprint density at radius 3 is 2.59 bits per heavy atom. The monoisotopic (exact) mass is 503 g/mol. The van der Waals surface area contributed by atoms with Gasteiger partial charge in [0.25, 0.3) is 11.8 Å². The normalized spacial score (nSPS) is 15.0. The molecule has 1 fully saturated rings. The van der Waals surface area contributed by atoms with Crippen molar-refractivity contribution >= 4 is 44.5 Å². The minimum absolute atomic E-state index is 0.0295. The van der Waals surface area contributed by atoms with Crippen LogP contribution in [0.2, 0.25) is 5.02 Å². The maximum absolute atomic E-state index is 13.1. The number of likely N-dealkylation sites (tertiary alicyclic amines) is 1. The summed E-state index contributed by atoms with van der Waals surface area (Å²) in [6, 6.07) is 9.32. The molecule has 1 aliphatic rings. The number of aromatic nitrogens is 2. The first kappa shape index (κ1) is 24.2. The molecule has 0 aliphatic carbocycles. The number of rotatable bonds is 7. The lowest BCUT2D eigenvalue weighted by molar-refractivity contribution is 0.0791. The number of benzene rings is 2. The number of hydrogen-bond donors (Lipinski definition) is 3. The standard InChI is InChI=1S/C23H26ClN5O4S/c1-14-11-15(5-7-17(14)23(31)29-9-3-4-10-29)22(30)28-20(13-25-34(2,32)33)21-26-18-8-6-16(24)12-19(18)27-21/h5-8,11-12,20,25H,3-4,9-10,13H2,1-2H3,(H,26,27)(H,28,30)/t20-/m0/s1. The highest BCUT2D eigenvalue weighted by Gasteiger charge is 2.24. The van der Waals surface area contributed by atoms with Crippen molar-refractivity contribution in [2.75, 3.05) is 25.9 Å². The Morgan fingerprint density at radius 2 is 1.91 bits per heavy atom. The molecule has 2 amide bonds. The van der Waals surface area contributed by atoms with E-state index in [0.29, 0.717) is 38.6 Å². The van der Waals surface area contributed by atoms with Crippen molar-refractivity contribution in [1.82, 2.24) is 24.9 Å². The van der Waals surface area contributed by atoms with Crippen LogP contribution in [0.25, 0.3) is 11.0 Å². The predicted molar refractivity (Wildman–Crippen MR) is 130 cm³/mol. The van der Waals surface area contributed by atoms with Gasteiger partial charge < -0.3 is 15.2 Å². The Morgan fingerprint density at radius 1 is 1.18 bits per heavy atom. The summed E-state index contributed by atoms with van der Waals surface area (Å²) in [6.45, 7) is 3.20. The number of sulfonamides is 1. The Hall–Kier alpha value is -2.95. The minimum Gasteiger partial charge on any atom is -0.341 e. The molecule has 34 heavy (non-hydrogen) atoms. The molecule has 3 aromatic rings. The summed E-state index contributed by atoms with van der Waals surface area (Å²) in [7, 11) is -3.50. The highest BCUT2D eigenvalue weighted by Crippen LogP contribution is 2.21. The number of fused-ring (bicyclic) bond motifs is 1. The van der Waals surface area contributed by atoms with E-state index in [1.165, 1.54) is 0 Å². The van der Waals surface area contributed by atoms with E-state index in [9.17, 15) is 18.0 Å². The highest BCUT2D eigenvalue weighted by molar-refractivity contribution is 7.88. The van der Waals surface area contributed by atoms with Crippen molar-refractivity contribution in [2.45, 2.75) is 25.8 Å². The third kappa shape index (κ3) is 5.57. The summed E-state index contributed by atoms with van der Waals surface area (Å²) in [5.74, 6) is -0.0560. The SMILES string of the molecule is Cc1cc(C(=O)N[C@@H](CNS(C)(=O)=O)c2nc3cc(Cl)ccc3[nH]2)ccc1C(=O)N1CCCC1. The van der Waals surface area contributed by atoms with Crippen LogP contribution in [0.15, 0.2) is 36.4 Å². The Labute approximate surface area is 202 Å². The maximum Gasteiger partial charge on any atom is 0.254 e. The van der Waals surface area contributed by atoms with Gasteiger partial charge in [0.05, 0.1) is 17.3 Å². The fraction of sp³-hybridized carbons (Fsp3) is 0.348. The number of nitrogens with one attached hydrogen (secondary N) is 3. The number of carbonyl (C=O) groups excluding carboxylic acids is 2. The lowest BCUT2D eigenvalue weighted by Gasteiger charge is -2.19. The van der Waals surface area contributed by atoms with Crippen LogP contribution in [0.4, 0.5) is 0 Å². The van der Waals surface area contributed by atoms with Crippen molar-refractivity contribution in [3.63, 3.8) is 0 Å². The number of H-pyrrole nitrogens is 1.